The maximum Gasteiger partial charge on any atom is 0.267 e. The quantitative estimate of drug-likeness (QED) is 0.698. The van der Waals surface area contributed by atoms with Crippen LogP contribution in [0.2, 0.25) is 0 Å². The number of nitrogens with zero attached hydrogens (tertiary/aromatic N) is 1. The van der Waals surface area contributed by atoms with Crippen LogP contribution in [0.4, 0.5) is 5.69 Å². The van der Waals surface area contributed by atoms with E-state index in [0.717, 1.165) is 10.0 Å². The number of fused-ring (bicyclic) bond motifs is 1. The topological polar surface area (TPSA) is 94.2 Å². The zero-order valence-corrected chi connectivity index (χ0v) is 18.7. The van der Waals surface area contributed by atoms with E-state index in [1.165, 1.54) is 18.2 Å². The molecule has 0 aromatic heterocycles. The minimum atomic E-state index is -3.81. The molecule has 0 radical (unpaired) electrons. The van der Waals surface area contributed by atoms with Crippen LogP contribution in [0.5, 0.6) is 11.5 Å². The van der Waals surface area contributed by atoms with Crippen molar-refractivity contribution in [2.75, 3.05) is 37.6 Å². The number of ether oxygens (including phenoxy) is 3. The van der Waals surface area contributed by atoms with Gasteiger partial charge in [-0.2, -0.15) is 0 Å². The van der Waals surface area contributed by atoms with Crippen molar-refractivity contribution in [1.29, 1.82) is 0 Å². The van der Waals surface area contributed by atoms with Gasteiger partial charge in [0.2, 0.25) is 6.10 Å². The van der Waals surface area contributed by atoms with Crippen LogP contribution >= 0.6 is 15.9 Å². The molecule has 2 heterocycles. The summed E-state index contributed by atoms with van der Waals surface area (Å²) in [5, 5.41) is 0. The number of halogens is 1. The van der Waals surface area contributed by atoms with Crippen LogP contribution in [0.1, 0.15) is 5.56 Å². The van der Waals surface area contributed by atoms with Gasteiger partial charge in [-0.1, -0.05) is 15.9 Å². The van der Waals surface area contributed by atoms with Gasteiger partial charge in [-0.3, -0.25) is 9.52 Å². The van der Waals surface area contributed by atoms with Gasteiger partial charge in [-0.15, -0.1) is 0 Å². The largest absolute Gasteiger partial charge is 0.485 e. The van der Waals surface area contributed by atoms with Crippen molar-refractivity contribution in [3.8, 4) is 11.5 Å². The molecule has 1 fully saturated rings. The Morgan fingerprint density at radius 1 is 1.13 bits per heavy atom. The fraction of sp³-hybridized carbons (Fsp3) is 0.350. The molecule has 4 rings (SSSR count). The molecule has 0 bridgehead atoms. The molecule has 0 spiro atoms. The first kappa shape index (κ1) is 21.0. The molecule has 8 nitrogen and oxygen atoms in total. The molecular weight excluding hydrogens is 476 g/mol. The fourth-order valence-electron chi connectivity index (χ4n) is 3.25. The molecule has 1 unspecified atom stereocenters. The lowest BCUT2D eigenvalue weighted by atomic mass is 10.2. The summed E-state index contributed by atoms with van der Waals surface area (Å²) in [4.78, 5) is 14.3. The maximum atomic E-state index is 12.8. The Hall–Kier alpha value is -2.30. The molecule has 0 aliphatic carbocycles. The smallest absolute Gasteiger partial charge is 0.267 e. The summed E-state index contributed by atoms with van der Waals surface area (Å²) >= 11 is 3.39. The lowest BCUT2D eigenvalue weighted by Crippen LogP contribution is -2.50. The maximum absolute atomic E-state index is 12.8. The number of carbonyl (C=O) groups excluding carboxylic acids is 1. The number of morpholine rings is 1. The van der Waals surface area contributed by atoms with Crippen LogP contribution in [0.25, 0.3) is 0 Å². The van der Waals surface area contributed by atoms with Gasteiger partial charge in [0, 0.05) is 29.3 Å². The number of rotatable bonds is 4. The van der Waals surface area contributed by atoms with E-state index in [2.05, 4.69) is 20.7 Å². The number of hydrogen-bond acceptors (Lipinski definition) is 6. The zero-order valence-electron chi connectivity index (χ0n) is 16.3. The molecule has 1 atom stereocenters. The zero-order chi connectivity index (χ0) is 21.3. The molecule has 2 aliphatic rings. The predicted octanol–water partition coefficient (Wildman–Crippen LogP) is 2.56. The van der Waals surface area contributed by atoms with Gasteiger partial charge >= 0.3 is 0 Å². The second kappa shape index (κ2) is 8.44. The van der Waals surface area contributed by atoms with E-state index in [-0.39, 0.29) is 23.2 Å². The number of nitrogens with one attached hydrogen (secondary N) is 1. The standard InChI is InChI=1S/C20H21BrN2O6S/c1-13-10-14(2-4-16(13)21)22-30(25,26)15-3-5-17-18(11-15)28-12-19(29-17)20(24)23-6-8-27-9-7-23/h2-5,10-11,19,22H,6-9,12H2,1H3. The minimum Gasteiger partial charge on any atom is -0.485 e. The van der Waals surface area contributed by atoms with Crippen LogP contribution in [0.15, 0.2) is 45.8 Å². The third-order valence-corrected chi connectivity index (χ3v) is 7.16. The lowest BCUT2D eigenvalue weighted by Gasteiger charge is -2.32. The highest BCUT2D eigenvalue weighted by atomic mass is 79.9. The molecule has 1 amide bonds. The highest BCUT2D eigenvalue weighted by Crippen LogP contribution is 2.35. The van der Waals surface area contributed by atoms with E-state index in [0.29, 0.717) is 37.7 Å². The third-order valence-electron chi connectivity index (χ3n) is 4.89. The molecule has 2 aliphatic heterocycles. The number of anilines is 1. The van der Waals surface area contributed by atoms with E-state index in [9.17, 15) is 13.2 Å². The van der Waals surface area contributed by atoms with E-state index >= 15 is 0 Å². The molecule has 1 N–H and O–H groups in total. The highest BCUT2D eigenvalue weighted by Gasteiger charge is 2.32. The van der Waals surface area contributed by atoms with Crippen LogP contribution in [-0.2, 0) is 19.6 Å². The molecule has 0 saturated carbocycles. The number of amides is 1. The Morgan fingerprint density at radius 2 is 1.90 bits per heavy atom. The van der Waals surface area contributed by atoms with Crippen molar-refractivity contribution < 1.29 is 27.4 Å². The van der Waals surface area contributed by atoms with E-state index in [1.807, 2.05) is 6.92 Å². The molecule has 30 heavy (non-hydrogen) atoms. The Kier molecular flexibility index (Phi) is 5.90. The monoisotopic (exact) mass is 496 g/mol. The first-order valence-corrected chi connectivity index (χ1v) is 11.7. The number of benzene rings is 2. The van der Waals surface area contributed by atoms with Crippen LogP contribution < -0.4 is 14.2 Å². The van der Waals surface area contributed by atoms with Crippen molar-refractivity contribution in [1.82, 2.24) is 4.90 Å². The Labute approximate surface area is 183 Å². The highest BCUT2D eigenvalue weighted by molar-refractivity contribution is 9.10. The molecule has 2 aromatic rings. The van der Waals surface area contributed by atoms with E-state index in [4.69, 9.17) is 14.2 Å². The number of carbonyl (C=O) groups is 1. The van der Waals surface area contributed by atoms with Gasteiger partial charge in [-0.25, -0.2) is 8.42 Å². The number of aryl methyl sites for hydroxylation is 1. The van der Waals surface area contributed by atoms with Crippen molar-refractivity contribution in [3.05, 3.63) is 46.4 Å². The summed E-state index contributed by atoms with van der Waals surface area (Å²) in [7, 11) is -3.81. The third kappa shape index (κ3) is 4.40. The van der Waals surface area contributed by atoms with Crippen LogP contribution in [0.3, 0.4) is 0 Å². The molecule has 1 saturated heterocycles. The normalized spacial score (nSPS) is 18.7. The lowest BCUT2D eigenvalue weighted by molar-refractivity contribution is -0.145. The molecule has 10 heteroatoms. The van der Waals surface area contributed by atoms with Gasteiger partial charge in [0.1, 0.15) is 6.61 Å². The minimum absolute atomic E-state index is 0.0199. The second-order valence-corrected chi connectivity index (χ2v) is 9.57. The van der Waals surface area contributed by atoms with Gasteiger partial charge in [-0.05, 0) is 42.8 Å². The first-order valence-electron chi connectivity index (χ1n) is 9.42. The predicted molar refractivity (Wildman–Crippen MR) is 113 cm³/mol. The Bertz CT molecular complexity index is 1070. The van der Waals surface area contributed by atoms with Crippen LogP contribution in [0, 0.1) is 6.92 Å². The number of sulfonamides is 1. The van der Waals surface area contributed by atoms with E-state index < -0.39 is 16.1 Å². The van der Waals surface area contributed by atoms with Crippen molar-refractivity contribution in [3.63, 3.8) is 0 Å². The van der Waals surface area contributed by atoms with Gasteiger partial charge in [0.05, 0.1) is 18.1 Å². The first-order chi connectivity index (χ1) is 14.3. The SMILES string of the molecule is Cc1cc(NS(=O)(=O)c2ccc3c(c2)OCC(C(=O)N2CCOCC2)O3)ccc1Br. The van der Waals surface area contributed by atoms with E-state index in [1.54, 1.807) is 23.1 Å². The van der Waals surface area contributed by atoms with Crippen LogP contribution in [-0.4, -0.2) is 58.2 Å². The fourth-order valence-corrected chi connectivity index (χ4v) is 4.56. The summed E-state index contributed by atoms with van der Waals surface area (Å²) in [6.45, 7) is 3.94. The van der Waals surface area contributed by atoms with Gasteiger partial charge < -0.3 is 19.1 Å². The van der Waals surface area contributed by atoms with Crippen molar-refractivity contribution in [2.45, 2.75) is 17.9 Å². The molecule has 2 aromatic carbocycles. The Balaban J connectivity index is 1.49. The summed E-state index contributed by atoms with van der Waals surface area (Å²) in [6.07, 6.45) is -0.762. The Morgan fingerprint density at radius 3 is 2.63 bits per heavy atom. The molecular formula is C20H21BrN2O6S. The number of hydrogen-bond donors (Lipinski definition) is 1. The summed E-state index contributed by atoms with van der Waals surface area (Å²) in [5.74, 6) is 0.468. The average Bonchev–Trinajstić information content (AvgIpc) is 2.75. The average molecular weight is 497 g/mol. The van der Waals surface area contributed by atoms with Gasteiger partial charge in [0.15, 0.2) is 11.5 Å². The molecule has 160 valence electrons. The second-order valence-electron chi connectivity index (χ2n) is 7.03. The van der Waals surface area contributed by atoms with Crippen molar-refractivity contribution >= 4 is 37.5 Å². The summed E-state index contributed by atoms with van der Waals surface area (Å²) in [6, 6.07) is 9.53. The van der Waals surface area contributed by atoms with Crippen molar-refractivity contribution in [2.24, 2.45) is 0 Å². The summed E-state index contributed by atoms with van der Waals surface area (Å²) in [5.41, 5.74) is 1.37. The summed E-state index contributed by atoms with van der Waals surface area (Å²) < 4.78 is 45.7. The van der Waals surface area contributed by atoms with Gasteiger partial charge in [0.25, 0.3) is 15.9 Å².